The van der Waals surface area contributed by atoms with E-state index >= 15 is 0 Å². The summed E-state index contributed by atoms with van der Waals surface area (Å²) in [6, 6.07) is 11.1. The molecule has 108 valence electrons. The Bertz CT molecular complexity index is 530. The molecule has 0 aliphatic heterocycles. The van der Waals surface area contributed by atoms with E-state index in [1.807, 2.05) is 10.9 Å². The van der Waals surface area contributed by atoms with Crippen molar-refractivity contribution in [2.24, 2.45) is 5.84 Å². The highest BCUT2D eigenvalue weighted by Gasteiger charge is 2.13. The Morgan fingerprint density at radius 3 is 2.55 bits per heavy atom. The molecular formula is C16H24N4. The summed E-state index contributed by atoms with van der Waals surface area (Å²) in [5.74, 6) is 5.70. The molecule has 1 aromatic heterocycles. The van der Waals surface area contributed by atoms with Crippen molar-refractivity contribution >= 4 is 0 Å². The minimum Gasteiger partial charge on any atom is -0.271 e. The Labute approximate surface area is 121 Å². The zero-order chi connectivity index (χ0) is 14.5. The van der Waals surface area contributed by atoms with Gasteiger partial charge in [0.1, 0.15) is 0 Å². The van der Waals surface area contributed by atoms with E-state index < -0.39 is 0 Å². The number of rotatable bonds is 6. The molecule has 4 nitrogen and oxygen atoms in total. The van der Waals surface area contributed by atoms with Crippen molar-refractivity contribution in [2.45, 2.75) is 45.7 Å². The van der Waals surface area contributed by atoms with Crippen LogP contribution in [0.15, 0.2) is 36.5 Å². The quantitative estimate of drug-likeness (QED) is 0.628. The number of nitrogens with one attached hydrogen (secondary N) is 1. The number of hydrogen-bond acceptors (Lipinski definition) is 3. The van der Waals surface area contributed by atoms with Crippen LogP contribution in [-0.4, -0.2) is 9.78 Å². The van der Waals surface area contributed by atoms with Gasteiger partial charge in [-0.25, -0.2) is 0 Å². The fourth-order valence-corrected chi connectivity index (χ4v) is 2.20. The lowest BCUT2D eigenvalue weighted by atomic mass is 10.0. The van der Waals surface area contributed by atoms with Gasteiger partial charge in [0.15, 0.2) is 0 Å². The lowest BCUT2D eigenvalue weighted by Crippen LogP contribution is -2.29. The number of aromatic nitrogens is 2. The van der Waals surface area contributed by atoms with Crippen LogP contribution in [0, 0.1) is 6.92 Å². The SMILES string of the molecule is CCC(C)n1ccc(CC(NN)c2ccc(C)cc2)n1. The molecule has 1 aromatic carbocycles. The summed E-state index contributed by atoms with van der Waals surface area (Å²) in [7, 11) is 0. The summed E-state index contributed by atoms with van der Waals surface area (Å²) in [5.41, 5.74) is 6.40. The first-order valence-electron chi connectivity index (χ1n) is 7.20. The van der Waals surface area contributed by atoms with Gasteiger partial charge < -0.3 is 0 Å². The van der Waals surface area contributed by atoms with Crippen molar-refractivity contribution in [2.75, 3.05) is 0 Å². The van der Waals surface area contributed by atoms with Crippen LogP contribution in [0.25, 0.3) is 0 Å². The molecule has 0 spiro atoms. The molecule has 0 radical (unpaired) electrons. The molecule has 2 unspecified atom stereocenters. The molecule has 0 fully saturated rings. The maximum absolute atomic E-state index is 5.70. The summed E-state index contributed by atoms with van der Waals surface area (Å²) in [6.45, 7) is 6.43. The van der Waals surface area contributed by atoms with Gasteiger partial charge in [0.05, 0.1) is 11.7 Å². The van der Waals surface area contributed by atoms with Crippen molar-refractivity contribution in [1.82, 2.24) is 15.2 Å². The van der Waals surface area contributed by atoms with E-state index in [4.69, 9.17) is 5.84 Å². The van der Waals surface area contributed by atoms with E-state index in [-0.39, 0.29) is 6.04 Å². The standard InChI is InChI=1S/C16H24N4/c1-4-13(3)20-10-9-15(19-20)11-16(18-17)14-7-5-12(2)6-8-14/h5-10,13,16,18H,4,11,17H2,1-3H3. The van der Waals surface area contributed by atoms with Crippen LogP contribution in [0.1, 0.15) is 49.2 Å². The van der Waals surface area contributed by atoms with Crippen molar-refractivity contribution in [3.05, 3.63) is 53.3 Å². The average Bonchev–Trinajstić information content (AvgIpc) is 2.93. The minimum atomic E-state index is 0.0934. The van der Waals surface area contributed by atoms with Gasteiger partial charge in [-0.05, 0) is 31.9 Å². The van der Waals surface area contributed by atoms with Gasteiger partial charge in [0, 0.05) is 18.7 Å². The fourth-order valence-electron chi connectivity index (χ4n) is 2.20. The second-order valence-corrected chi connectivity index (χ2v) is 5.38. The van der Waals surface area contributed by atoms with Gasteiger partial charge in [0.2, 0.25) is 0 Å². The normalized spacial score (nSPS) is 14.2. The van der Waals surface area contributed by atoms with E-state index in [0.29, 0.717) is 6.04 Å². The van der Waals surface area contributed by atoms with E-state index in [2.05, 4.69) is 61.6 Å². The number of nitrogens with zero attached hydrogens (tertiary/aromatic N) is 2. The van der Waals surface area contributed by atoms with E-state index in [9.17, 15) is 0 Å². The first kappa shape index (κ1) is 14.8. The smallest absolute Gasteiger partial charge is 0.0644 e. The molecule has 0 amide bonds. The summed E-state index contributed by atoms with van der Waals surface area (Å²) < 4.78 is 2.03. The van der Waals surface area contributed by atoms with Crippen molar-refractivity contribution < 1.29 is 0 Å². The van der Waals surface area contributed by atoms with Gasteiger partial charge in [-0.3, -0.25) is 16.0 Å². The minimum absolute atomic E-state index is 0.0934. The van der Waals surface area contributed by atoms with Crippen LogP contribution < -0.4 is 11.3 Å². The van der Waals surface area contributed by atoms with Crippen LogP contribution in [0.2, 0.25) is 0 Å². The molecule has 3 N–H and O–H groups in total. The van der Waals surface area contributed by atoms with Gasteiger partial charge in [-0.15, -0.1) is 0 Å². The second-order valence-electron chi connectivity index (χ2n) is 5.38. The Balaban J connectivity index is 2.10. The topological polar surface area (TPSA) is 55.9 Å². The highest BCUT2D eigenvalue weighted by atomic mass is 15.3. The first-order chi connectivity index (χ1) is 9.63. The predicted octanol–water partition coefficient (Wildman–Crippen LogP) is 2.91. The number of hydrogen-bond donors (Lipinski definition) is 2. The molecule has 0 aliphatic carbocycles. The molecule has 0 saturated carbocycles. The third kappa shape index (κ3) is 3.46. The maximum atomic E-state index is 5.70. The summed E-state index contributed by atoms with van der Waals surface area (Å²) >= 11 is 0. The Morgan fingerprint density at radius 2 is 1.95 bits per heavy atom. The van der Waals surface area contributed by atoms with Crippen LogP contribution in [0.5, 0.6) is 0 Å². The molecule has 2 atom stereocenters. The molecule has 0 aliphatic rings. The highest BCUT2D eigenvalue weighted by molar-refractivity contribution is 5.25. The average molecular weight is 272 g/mol. The van der Waals surface area contributed by atoms with Crippen LogP contribution in [0.3, 0.4) is 0 Å². The maximum Gasteiger partial charge on any atom is 0.0644 e. The zero-order valence-electron chi connectivity index (χ0n) is 12.5. The molecule has 0 bridgehead atoms. The third-order valence-corrected chi connectivity index (χ3v) is 3.80. The largest absolute Gasteiger partial charge is 0.271 e. The Morgan fingerprint density at radius 1 is 1.25 bits per heavy atom. The van der Waals surface area contributed by atoms with Crippen LogP contribution >= 0.6 is 0 Å². The molecule has 0 saturated heterocycles. The van der Waals surface area contributed by atoms with Crippen LogP contribution in [0.4, 0.5) is 0 Å². The van der Waals surface area contributed by atoms with Gasteiger partial charge in [0.25, 0.3) is 0 Å². The van der Waals surface area contributed by atoms with Gasteiger partial charge in [-0.1, -0.05) is 36.8 Å². The molecule has 1 heterocycles. The van der Waals surface area contributed by atoms with Crippen molar-refractivity contribution in [1.29, 1.82) is 0 Å². The van der Waals surface area contributed by atoms with Gasteiger partial charge in [-0.2, -0.15) is 5.10 Å². The second kappa shape index (κ2) is 6.68. The fraction of sp³-hybridized carbons (Fsp3) is 0.438. The van der Waals surface area contributed by atoms with E-state index in [1.54, 1.807) is 0 Å². The summed E-state index contributed by atoms with van der Waals surface area (Å²) in [5, 5.41) is 4.63. The van der Waals surface area contributed by atoms with E-state index in [1.165, 1.54) is 11.1 Å². The van der Waals surface area contributed by atoms with Crippen molar-refractivity contribution in [3.63, 3.8) is 0 Å². The number of nitrogens with two attached hydrogens (primary N) is 1. The van der Waals surface area contributed by atoms with Crippen molar-refractivity contribution in [3.8, 4) is 0 Å². The number of hydrazine groups is 1. The third-order valence-electron chi connectivity index (χ3n) is 3.80. The lowest BCUT2D eigenvalue weighted by Gasteiger charge is -2.15. The molecular weight excluding hydrogens is 248 g/mol. The predicted molar refractivity (Wildman–Crippen MR) is 82.2 cm³/mol. The molecule has 2 aromatic rings. The lowest BCUT2D eigenvalue weighted by molar-refractivity contribution is 0.467. The number of aryl methyl sites for hydroxylation is 1. The molecule has 2 rings (SSSR count). The highest BCUT2D eigenvalue weighted by Crippen LogP contribution is 2.18. The van der Waals surface area contributed by atoms with E-state index in [0.717, 1.165) is 18.5 Å². The summed E-state index contributed by atoms with van der Waals surface area (Å²) in [6.07, 6.45) is 3.92. The number of benzene rings is 1. The summed E-state index contributed by atoms with van der Waals surface area (Å²) in [4.78, 5) is 0. The molecule has 4 heteroatoms. The molecule has 20 heavy (non-hydrogen) atoms. The Kier molecular flexibility index (Phi) is 4.93. The van der Waals surface area contributed by atoms with Crippen LogP contribution in [-0.2, 0) is 6.42 Å². The Hall–Kier alpha value is -1.65. The first-order valence-corrected chi connectivity index (χ1v) is 7.20. The zero-order valence-corrected chi connectivity index (χ0v) is 12.5. The monoisotopic (exact) mass is 272 g/mol. The van der Waals surface area contributed by atoms with Gasteiger partial charge >= 0.3 is 0 Å².